The van der Waals surface area contributed by atoms with Gasteiger partial charge in [-0.1, -0.05) is 11.2 Å². The summed E-state index contributed by atoms with van der Waals surface area (Å²) in [6, 6.07) is 11.7. The summed E-state index contributed by atoms with van der Waals surface area (Å²) in [5, 5.41) is 6.14. The molecule has 0 bridgehead atoms. The van der Waals surface area contributed by atoms with Crippen LogP contribution in [0.15, 0.2) is 46.3 Å². The molecule has 2 aromatic heterocycles. The molecule has 1 aliphatic rings. The number of likely N-dealkylation sites (N-methyl/N-ethyl adjacent to an activating group) is 1. The minimum Gasteiger partial charge on any atom is -0.497 e. The van der Waals surface area contributed by atoms with E-state index in [0.717, 1.165) is 37.5 Å². The Morgan fingerprint density at radius 3 is 2.58 bits per heavy atom. The predicted octanol–water partition coefficient (Wildman–Crippen LogP) is 2.58. The van der Waals surface area contributed by atoms with Crippen LogP contribution in [0.2, 0.25) is 0 Å². The van der Waals surface area contributed by atoms with Crippen LogP contribution in [0.25, 0.3) is 11.4 Å². The van der Waals surface area contributed by atoms with Crippen LogP contribution in [0.4, 0.5) is 0 Å². The van der Waals surface area contributed by atoms with Crippen molar-refractivity contribution in [1.82, 2.24) is 24.8 Å². The zero-order valence-corrected chi connectivity index (χ0v) is 18.7. The number of amides is 1. The number of carbonyl (C=O) groups is 1. The second-order valence-electron chi connectivity index (χ2n) is 7.62. The van der Waals surface area contributed by atoms with Crippen molar-refractivity contribution in [2.24, 2.45) is 0 Å². The van der Waals surface area contributed by atoms with E-state index in [9.17, 15) is 4.79 Å². The van der Waals surface area contributed by atoms with Gasteiger partial charge in [0.25, 0.3) is 0 Å². The lowest BCUT2D eigenvalue weighted by Crippen LogP contribution is -2.49. The maximum atomic E-state index is 12.5. The van der Waals surface area contributed by atoms with E-state index in [-0.39, 0.29) is 5.91 Å². The number of benzene rings is 1. The summed E-state index contributed by atoms with van der Waals surface area (Å²) < 4.78 is 10.6. The van der Waals surface area contributed by atoms with Gasteiger partial charge in [0.05, 0.1) is 26.7 Å². The molecule has 0 radical (unpaired) electrons. The van der Waals surface area contributed by atoms with E-state index in [0.29, 0.717) is 31.3 Å². The second kappa shape index (κ2) is 10.0. The largest absolute Gasteiger partial charge is 0.497 e. The molecule has 164 valence electrons. The molecule has 1 aromatic carbocycles. The fourth-order valence-corrected chi connectivity index (χ4v) is 4.27. The quantitative estimate of drug-likeness (QED) is 0.532. The van der Waals surface area contributed by atoms with Crippen molar-refractivity contribution >= 4 is 17.2 Å². The summed E-state index contributed by atoms with van der Waals surface area (Å²) in [6.07, 6.45) is 0. The van der Waals surface area contributed by atoms with Gasteiger partial charge in [0, 0.05) is 43.7 Å². The fourth-order valence-electron chi connectivity index (χ4n) is 3.51. The number of ether oxygens (including phenoxy) is 1. The SMILES string of the molecule is COc1ccc(-c2noc(CN3CCN(CC(=O)N(C)Cc4cccs4)CC3)n2)cc1. The summed E-state index contributed by atoms with van der Waals surface area (Å²) in [6.45, 7) is 5.16. The zero-order chi connectivity index (χ0) is 21.6. The van der Waals surface area contributed by atoms with Gasteiger partial charge in [-0.3, -0.25) is 14.6 Å². The molecule has 0 atom stereocenters. The molecule has 0 aliphatic carbocycles. The molecular weight excluding hydrogens is 414 g/mol. The van der Waals surface area contributed by atoms with Crippen molar-refractivity contribution in [2.45, 2.75) is 13.1 Å². The molecule has 3 aromatic rings. The lowest BCUT2D eigenvalue weighted by atomic mass is 10.2. The Bertz CT molecular complexity index is 965. The number of aromatic nitrogens is 2. The second-order valence-corrected chi connectivity index (χ2v) is 8.65. The van der Waals surface area contributed by atoms with Crippen molar-refractivity contribution in [3.63, 3.8) is 0 Å². The summed E-state index contributed by atoms with van der Waals surface area (Å²) in [5.74, 6) is 2.13. The Morgan fingerprint density at radius 2 is 1.90 bits per heavy atom. The minimum absolute atomic E-state index is 0.155. The molecule has 0 saturated carbocycles. The third kappa shape index (κ3) is 5.69. The number of hydrogen-bond donors (Lipinski definition) is 0. The number of carbonyl (C=O) groups excluding carboxylic acids is 1. The third-order valence-corrected chi connectivity index (χ3v) is 6.26. The lowest BCUT2D eigenvalue weighted by molar-refractivity contribution is -0.132. The maximum absolute atomic E-state index is 12.5. The number of nitrogens with zero attached hydrogens (tertiary/aromatic N) is 5. The average Bonchev–Trinajstić information content (AvgIpc) is 3.47. The summed E-state index contributed by atoms with van der Waals surface area (Å²) in [5.41, 5.74) is 0.894. The van der Waals surface area contributed by atoms with Crippen LogP contribution in [0, 0.1) is 0 Å². The van der Waals surface area contributed by atoms with Gasteiger partial charge in [0.2, 0.25) is 17.6 Å². The Kier molecular flexibility index (Phi) is 6.96. The summed E-state index contributed by atoms with van der Waals surface area (Å²) >= 11 is 1.68. The first-order chi connectivity index (χ1) is 15.1. The van der Waals surface area contributed by atoms with Crippen molar-refractivity contribution in [3.05, 3.63) is 52.5 Å². The van der Waals surface area contributed by atoms with Crippen LogP contribution in [-0.2, 0) is 17.9 Å². The van der Waals surface area contributed by atoms with Gasteiger partial charge in [-0.05, 0) is 35.7 Å². The van der Waals surface area contributed by atoms with Gasteiger partial charge in [0.15, 0.2) is 0 Å². The van der Waals surface area contributed by atoms with Gasteiger partial charge < -0.3 is 14.2 Å². The number of rotatable bonds is 8. The van der Waals surface area contributed by atoms with E-state index in [1.807, 2.05) is 42.8 Å². The van der Waals surface area contributed by atoms with Gasteiger partial charge in [-0.2, -0.15) is 4.98 Å². The number of hydrogen-bond acceptors (Lipinski definition) is 8. The van der Waals surface area contributed by atoms with Crippen LogP contribution in [0.5, 0.6) is 5.75 Å². The molecule has 9 heteroatoms. The highest BCUT2D eigenvalue weighted by molar-refractivity contribution is 7.09. The van der Waals surface area contributed by atoms with E-state index in [1.54, 1.807) is 23.3 Å². The highest BCUT2D eigenvalue weighted by Crippen LogP contribution is 2.20. The fraction of sp³-hybridized carbons (Fsp3) is 0.409. The summed E-state index contributed by atoms with van der Waals surface area (Å²) in [4.78, 5) is 24.5. The minimum atomic E-state index is 0.155. The Hall–Kier alpha value is -2.75. The molecule has 8 nitrogen and oxygen atoms in total. The zero-order valence-electron chi connectivity index (χ0n) is 17.9. The van der Waals surface area contributed by atoms with Crippen molar-refractivity contribution < 1.29 is 14.1 Å². The Labute approximate surface area is 186 Å². The van der Waals surface area contributed by atoms with Crippen LogP contribution in [0.3, 0.4) is 0 Å². The Morgan fingerprint density at radius 1 is 1.16 bits per heavy atom. The molecule has 0 N–H and O–H groups in total. The molecule has 0 unspecified atom stereocenters. The molecule has 1 saturated heterocycles. The van der Waals surface area contributed by atoms with Gasteiger partial charge >= 0.3 is 0 Å². The van der Waals surface area contributed by atoms with Crippen molar-refractivity contribution in [1.29, 1.82) is 0 Å². The number of piperazine rings is 1. The number of thiophene rings is 1. The van der Waals surface area contributed by atoms with Crippen molar-refractivity contribution in [3.8, 4) is 17.1 Å². The smallest absolute Gasteiger partial charge is 0.241 e. The molecule has 1 aliphatic heterocycles. The molecule has 0 spiro atoms. The lowest BCUT2D eigenvalue weighted by Gasteiger charge is -2.34. The highest BCUT2D eigenvalue weighted by atomic mass is 32.1. The highest BCUT2D eigenvalue weighted by Gasteiger charge is 2.22. The molecule has 31 heavy (non-hydrogen) atoms. The molecule has 1 amide bonds. The van der Waals surface area contributed by atoms with E-state index < -0.39 is 0 Å². The summed E-state index contributed by atoms with van der Waals surface area (Å²) in [7, 11) is 3.51. The molecule has 4 rings (SSSR count). The molecule has 3 heterocycles. The molecule has 1 fully saturated rings. The van der Waals surface area contributed by atoms with Gasteiger partial charge in [-0.15, -0.1) is 11.3 Å². The van der Waals surface area contributed by atoms with Crippen LogP contribution >= 0.6 is 11.3 Å². The van der Waals surface area contributed by atoms with E-state index in [4.69, 9.17) is 9.26 Å². The maximum Gasteiger partial charge on any atom is 0.241 e. The standard InChI is InChI=1S/C22H27N5O3S/c1-25(14-19-4-3-13-31-19)21(28)16-27-11-9-26(10-12-27)15-20-23-22(24-30-20)17-5-7-18(29-2)8-6-17/h3-8,13H,9-12,14-16H2,1-2H3. The van der Waals surface area contributed by atoms with Gasteiger partial charge in [-0.25, -0.2) is 0 Å². The van der Waals surface area contributed by atoms with Crippen molar-refractivity contribution in [2.75, 3.05) is 46.9 Å². The first kappa shape index (κ1) is 21.5. The monoisotopic (exact) mass is 441 g/mol. The Balaban J connectivity index is 1.23. The number of methoxy groups -OCH3 is 1. The third-order valence-electron chi connectivity index (χ3n) is 5.40. The van der Waals surface area contributed by atoms with Crippen LogP contribution in [-0.4, -0.2) is 77.6 Å². The van der Waals surface area contributed by atoms with E-state index in [2.05, 4.69) is 26.0 Å². The average molecular weight is 442 g/mol. The van der Waals surface area contributed by atoms with Crippen LogP contribution < -0.4 is 4.74 Å². The van der Waals surface area contributed by atoms with E-state index in [1.165, 1.54) is 4.88 Å². The normalized spacial score (nSPS) is 15.2. The predicted molar refractivity (Wildman–Crippen MR) is 119 cm³/mol. The van der Waals surface area contributed by atoms with E-state index >= 15 is 0 Å². The topological polar surface area (TPSA) is 74.9 Å². The van der Waals surface area contributed by atoms with Crippen LogP contribution in [0.1, 0.15) is 10.8 Å². The first-order valence-electron chi connectivity index (χ1n) is 10.3. The first-order valence-corrected chi connectivity index (χ1v) is 11.2. The molecular formula is C22H27N5O3S. The van der Waals surface area contributed by atoms with Gasteiger partial charge in [0.1, 0.15) is 5.75 Å².